The summed E-state index contributed by atoms with van der Waals surface area (Å²) >= 11 is 0.971. The van der Waals surface area contributed by atoms with Gasteiger partial charge in [0.15, 0.2) is 5.78 Å². The number of urea groups is 1. The summed E-state index contributed by atoms with van der Waals surface area (Å²) in [5, 5.41) is 12.9. The van der Waals surface area contributed by atoms with E-state index < -0.39 is 34.4 Å². The van der Waals surface area contributed by atoms with Crippen LogP contribution in [0.3, 0.4) is 0 Å². The molecule has 3 aromatic rings. The first kappa shape index (κ1) is 25.3. The number of nitro groups is 1. The number of ketones is 1. The second-order valence-corrected chi connectivity index (χ2v) is 9.58. The number of rotatable bonds is 6. The van der Waals surface area contributed by atoms with Gasteiger partial charge in [-0.1, -0.05) is 32.9 Å². The molecule has 12 heteroatoms. The number of nitro benzene ring substituents is 1. The Morgan fingerprint density at radius 1 is 1.23 bits per heavy atom. The average molecular weight is 499 g/mol. The molecule has 11 nitrogen and oxygen atoms in total. The number of nitrogens with two attached hydrogens (primary N) is 1. The van der Waals surface area contributed by atoms with Gasteiger partial charge in [0.05, 0.1) is 9.46 Å². The fourth-order valence-corrected chi connectivity index (χ4v) is 3.95. The number of non-ortho nitro benzene ring substituents is 1. The Morgan fingerprint density at radius 2 is 1.94 bits per heavy atom. The quantitative estimate of drug-likeness (QED) is 0.383. The second kappa shape index (κ2) is 9.89. The first-order valence-electron chi connectivity index (χ1n) is 10.3. The predicted molar refractivity (Wildman–Crippen MR) is 129 cm³/mol. The number of carbonyl (C=O) groups excluding carboxylic acids is 3. The van der Waals surface area contributed by atoms with E-state index in [0.717, 1.165) is 15.9 Å². The number of carbonyl (C=O) groups is 3. The molecule has 3 amide bonds. The SMILES string of the molecule is CC(C)(C)C(=O)C=c1sc(=Cc2ccc(-c3cccc([N+](=O)[O-])c3)o2)c(=O)n1CC(=O)NC(N)=O. The smallest absolute Gasteiger partial charge is 0.318 e. The maximum atomic E-state index is 13.0. The Labute approximate surface area is 202 Å². The molecule has 2 heterocycles. The summed E-state index contributed by atoms with van der Waals surface area (Å²) in [4.78, 5) is 59.2. The predicted octanol–water partition coefficient (Wildman–Crippen LogP) is 1.50. The van der Waals surface area contributed by atoms with Crippen LogP contribution in [0.25, 0.3) is 23.5 Å². The second-order valence-electron chi connectivity index (χ2n) is 8.52. The van der Waals surface area contributed by atoms with Gasteiger partial charge in [-0.2, -0.15) is 0 Å². The molecular formula is C23H22N4O7S. The van der Waals surface area contributed by atoms with Crippen molar-refractivity contribution in [3.63, 3.8) is 0 Å². The highest BCUT2D eigenvalue weighted by Gasteiger charge is 2.20. The highest BCUT2D eigenvalue weighted by molar-refractivity contribution is 7.07. The molecule has 3 N–H and O–H groups in total. The van der Waals surface area contributed by atoms with Gasteiger partial charge in [-0.15, -0.1) is 11.3 Å². The van der Waals surface area contributed by atoms with Crippen molar-refractivity contribution in [2.24, 2.45) is 11.1 Å². The number of amides is 3. The Balaban J connectivity index is 2.08. The molecule has 0 fully saturated rings. The number of imide groups is 1. The van der Waals surface area contributed by atoms with Gasteiger partial charge in [-0.3, -0.25) is 34.4 Å². The van der Waals surface area contributed by atoms with Crippen LogP contribution in [-0.2, 0) is 16.1 Å². The van der Waals surface area contributed by atoms with E-state index >= 15 is 0 Å². The van der Waals surface area contributed by atoms with Crippen LogP contribution in [0.15, 0.2) is 45.6 Å². The van der Waals surface area contributed by atoms with Gasteiger partial charge in [0.1, 0.15) is 22.7 Å². The van der Waals surface area contributed by atoms with Crippen LogP contribution >= 0.6 is 11.3 Å². The molecule has 0 aliphatic rings. The van der Waals surface area contributed by atoms with E-state index in [2.05, 4.69) is 0 Å². The summed E-state index contributed by atoms with van der Waals surface area (Å²) in [6.07, 6.45) is 2.72. The van der Waals surface area contributed by atoms with Gasteiger partial charge < -0.3 is 10.2 Å². The van der Waals surface area contributed by atoms with Crippen molar-refractivity contribution in [1.29, 1.82) is 0 Å². The zero-order chi connectivity index (χ0) is 25.9. The number of nitrogens with one attached hydrogen (secondary N) is 1. The minimum absolute atomic E-state index is 0.0940. The number of aromatic nitrogens is 1. The molecule has 3 rings (SSSR count). The summed E-state index contributed by atoms with van der Waals surface area (Å²) in [6, 6.07) is 8.03. The monoisotopic (exact) mass is 498 g/mol. The molecule has 0 spiro atoms. The first-order chi connectivity index (χ1) is 16.3. The van der Waals surface area contributed by atoms with E-state index in [-0.39, 0.29) is 26.4 Å². The first-order valence-corrected chi connectivity index (χ1v) is 11.1. The van der Waals surface area contributed by atoms with Crippen LogP contribution < -0.4 is 25.8 Å². The lowest BCUT2D eigenvalue weighted by Gasteiger charge is -2.12. The third kappa shape index (κ3) is 6.18. The lowest BCUT2D eigenvalue weighted by Crippen LogP contribution is -2.42. The molecule has 0 bridgehead atoms. The molecular weight excluding hydrogens is 476 g/mol. The molecule has 0 saturated carbocycles. The molecule has 0 saturated heterocycles. The lowest BCUT2D eigenvalue weighted by atomic mass is 9.91. The number of benzene rings is 1. The van der Waals surface area contributed by atoms with Gasteiger partial charge in [0.2, 0.25) is 5.91 Å². The summed E-state index contributed by atoms with van der Waals surface area (Å²) in [5.41, 5.74) is 4.06. The number of hydrogen-bond donors (Lipinski definition) is 2. The zero-order valence-electron chi connectivity index (χ0n) is 19.1. The lowest BCUT2D eigenvalue weighted by molar-refractivity contribution is -0.384. The molecule has 0 radical (unpaired) electrons. The van der Waals surface area contributed by atoms with Crippen LogP contribution in [0, 0.1) is 15.5 Å². The standard InChI is InChI=1S/C23H22N4O7S/c1-23(2,3)18(28)11-20-26(12-19(29)25-22(24)31)21(30)17(35-20)10-15-7-8-16(34-15)13-5-4-6-14(9-13)27(32)33/h4-11H,12H2,1-3H3,(H3,24,25,29,31). The van der Waals surface area contributed by atoms with Crippen molar-refractivity contribution >= 4 is 46.9 Å². The molecule has 182 valence electrons. The third-order valence-electron chi connectivity index (χ3n) is 4.74. The largest absolute Gasteiger partial charge is 0.457 e. The molecule has 0 aliphatic carbocycles. The number of furan rings is 1. The van der Waals surface area contributed by atoms with E-state index in [0.29, 0.717) is 11.3 Å². The zero-order valence-corrected chi connectivity index (χ0v) is 19.9. The Morgan fingerprint density at radius 3 is 2.57 bits per heavy atom. The molecule has 1 aromatic carbocycles. The van der Waals surface area contributed by atoms with Crippen LogP contribution in [0.1, 0.15) is 26.5 Å². The summed E-state index contributed by atoms with van der Waals surface area (Å²) in [7, 11) is 0. The van der Waals surface area contributed by atoms with Crippen LogP contribution in [0.2, 0.25) is 0 Å². The number of nitrogens with zero attached hydrogens (tertiary/aromatic N) is 2. The fraction of sp³-hybridized carbons (Fsp3) is 0.217. The highest BCUT2D eigenvalue weighted by atomic mass is 32.1. The minimum atomic E-state index is -1.06. The van der Waals surface area contributed by atoms with Gasteiger partial charge >= 0.3 is 6.03 Å². The normalized spacial score (nSPS) is 12.5. The Hall–Kier alpha value is -4.32. The molecule has 2 aromatic heterocycles. The molecule has 35 heavy (non-hydrogen) atoms. The number of hydrogen-bond acceptors (Lipinski definition) is 8. The summed E-state index contributed by atoms with van der Waals surface area (Å²) in [6.45, 7) is 4.62. The van der Waals surface area contributed by atoms with E-state index in [1.54, 1.807) is 39.0 Å². The van der Waals surface area contributed by atoms with Crippen LogP contribution in [-0.4, -0.2) is 27.2 Å². The molecule has 0 aliphatic heterocycles. The maximum absolute atomic E-state index is 13.0. The topological polar surface area (TPSA) is 168 Å². The minimum Gasteiger partial charge on any atom is -0.457 e. The summed E-state index contributed by atoms with van der Waals surface area (Å²) in [5.74, 6) is -0.437. The van der Waals surface area contributed by atoms with E-state index in [9.17, 15) is 29.3 Å². The Kier molecular flexibility index (Phi) is 7.15. The number of Topliss-reactive ketones (excluding diaryl/α,β-unsaturated/α-hetero) is 1. The van der Waals surface area contributed by atoms with E-state index in [1.165, 1.54) is 30.4 Å². The van der Waals surface area contributed by atoms with Crippen molar-refractivity contribution in [2.45, 2.75) is 27.3 Å². The van der Waals surface area contributed by atoms with E-state index in [1.807, 2.05) is 5.32 Å². The van der Waals surface area contributed by atoms with Crippen LogP contribution in [0.4, 0.5) is 10.5 Å². The van der Waals surface area contributed by atoms with Gasteiger partial charge in [0, 0.05) is 35.3 Å². The molecule has 0 unspecified atom stereocenters. The molecule has 0 atom stereocenters. The van der Waals surface area contributed by atoms with Gasteiger partial charge in [-0.25, -0.2) is 4.79 Å². The fourth-order valence-electron chi connectivity index (χ4n) is 2.93. The van der Waals surface area contributed by atoms with Crippen LogP contribution in [0.5, 0.6) is 0 Å². The average Bonchev–Trinajstić information content (AvgIpc) is 3.33. The van der Waals surface area contributed by atoms with Crippen molar-refractivity contribution in [1.82, 2.24) is 9.88 Å². The van der Waals surface area contributed by atoms with Crippen molar-refractivity contribution in [2.75, 3.05) is 0 Å². The van der Waals surface area contributed by atoms with E-state index in [4.69, 9.17) is 10.2 Å². The number of thiazole rings is 1. The van der Waals surface area contributed by atoms with Crippen molar-refractivity contribution in [3.05, 3.63) is 71.8 Å². The Bertz CT molecular complexity index is 1510. The number of primary amides is 1. The van der Waals surface area contributed by atoms with Crippen molar-refractivity contribution < 1.29 is 23.7 Å². The van der Waals surface area contributed by atoms with Gasteiger partial charge in [0.25, 0.3) is 11.2 Å². The maximum Gasteiger partial charge on any atom is 0.318 e. The third-order valence-corrected chi connectivity index (χ3v) is 5.80. The summed E-state index contributed by atoms with van der Waals surface area (Å²) < 4.78 is 7.20. The van der Waals surface area contributed by atoms with Gasteiger partial charge in [-0.05, 0) is 12.1 Å². The van der Waals surface area contributed by atoms with Crippen molar-refractivity contribution in [3.8, 4) is 11.3 Å². The highest BCUT2D eigenvalue weighted by Crippen LogP contribution is 2.26.